The molecule has 1 rings (SSSR count). The first kappa shape index (κ1) is 61.9. The van der Waals surface area contributed by atoms with E-state index in [1.54, 1.807) is 0 Å². The molecule has 67 heavy (non-hydrogen) atoms. The minimum atomic E-state index is -1.87. The van der Waals surface area contributed by atoms with Crippen molar-refractivity contribution >= 4 is 17.9 Å². The number of hydrogen-bond acceptors (Lipinski definition) is 10. The Hall–Kier alpha value is -3.09. The van der Waals surface area contributed by atoms with E-state index in [-0.39, 0.29) is 19.4 Å². The van der Waals surface area contributed by atoms with Crippen LogP contribution < -0.4 is 0 Å². The minimum absolute atomic E-state index is 0.157. The summed E-state index contributed by atoms with van der Waals surface area (Å²) in [6.45, 7) is 3.68. The van der Waals surface area contributed by atoms with Crippen molar-refractivity contribution in [1.29, 1.82) is 0 Å². The molecule has 0 aliphatic carbocycles. The van der Waals surface area contributed by atoms with Crippen LogP contribution in [0, 0.1) is 0 Å². The molecule has 1 fully saturated rings. The summed E-state index contributed by atoms with van der Waals surface area (Å²) < 4.78 is 21.8. The molecule has 0 saturated carbocycles. The number of carboxylic acid groups (broad SMARTS) is 1. The molecule has 0 aromatic heterocycles. The first-order chi connectivity index (χ1) is 32.7. The van der Waals surface area contributed by atoms with Gasteiger partial charge in [-0.2, -0.15) is 0 Å². The summed E-state index contributed by atoms with van der Waals surface area (Å²) in [5, 5.41) is 40.0. The molecule has 1 heterocycles. The third-order valence-corrected chi connectivity index (χ3v) is 12.1. The zero-order valence-electron chi connectivity index (χ0n) is 42.1. The largest absolute Gasteiger partial charge is 0.479 e. The van der Waals surface area contributed by atoms with E-state index in [9.17, 15) is 34.8 Å². The van der Waals surface area contributed by atoms with Gasteiger partial charge in [-0.1, -0.05) is 222 Å². The first-order valence-electron chi connectivity index (χ1n) is 26.8. The van der Waals surface area contributed by atoms with Crippen molar-refractivity contribution < 1.29 is 53.8 Å². The maximum absolute atomic E-state index is 12.9. The highest BCUT2D eigenvalue weighted by Crippen LogP contribution is 2.23. The average molecular weight is 945 g/mol. The summed E-state index contributed by atoms with van der Waals surface area (Å²) in [7, 11) is 0. The Morgan fingerprint density at radius 1 is 0.478 bits per heavy atom. The molecule has 386 valence electrons. The number of hydrogen-bond donors (Lipinski definition) is 4. The number of carbonyl (C=O) groups is 3. The second kappa shape index (κ2) is 45.4. The van der Waals surface area contributed by atoms with Crippen LogP contribution >= 0.6 is 0 Å². The fourth-order valence-electron chi connectivity index (χ4n) is 7.98. The van der Waals surface area contributed by atoms with Crippen LogP contribution in [0.4, 0.5) is 0 Å². The first-order valence-corrected chi connectivity index (χ1v) is 26.8. The Morgan fingerprint density at radius 3 is 1.31 bits per heavy atom. The predicted octanol–water partition coefficient (Wildman–Crippen LogP) is 13.0. The van der Waals surface area contributed by atoms with Crippen molar-refractivity contribution in [3.05, 3.63) is 60.8 Å². The molecule has 1 saturated heterocycles. The Balaban J connectivity index is 2.28. The second-order valence-electron chi connectivity index (χ2n) is 18.3. The Bertz CT molecular complexity index is 1340. The number of esters is 2. The van der Waals surface area contributed by atoms with Crippen molar-refractivity contribution in [2.45, 2.75) is 263 Å². The molecule has 6 unspecified atom stereocenters. The van der Waals surface area contributed by atoms with Crippen LogP contribution in [-0.2, 0) is 33.3 Å². The quantitative estimate of drug-likeness (QED) is 0.0260. The third-order valence-electron chi connectivity index (χ3n) is 12.1. The lowest BCUT2D eigenvalue weighted by Crippen LogP contribution is -2.60. The molecule has 4 N–H and O–H groups in total. The smallest absolute Gasteiger partial charge is 0.335 e. The number of allylic oxidation sites excluding steroid dienone is 10. The topological polar surface area (TPSA) is 169 Å². The SMILES string of the molecule is CC/C=C\C/C=C\C/C=C\C/C=C\C/C=C\CCCC(=O)OCC(COC1OC(C(=O)O)C(O)C(O)C1O)OC(=O)CCCCCCCCCCCCCCCCCCCCCCCCCC. The minimum Gasteiger partial charge on any atom is -0.479 e. The zero-order chi connectivity index (χ0) is 48.8. The highest BCUT2D eigenvalue weighted by molar-refractivity contribution is 5.73. The molecule has 1 aliphatic rings. The summed E-state index contributed by atoms with van der Waals surface area (Å²) in [6.07, 6.45) is 48.6. The van der Waals surface area contributed by atoms with Gasteiger partial charge in [0.25, 0.3) is 0 Å². The molecule has 0 amide bonds. The highest BCUT2D eigenvalue weighted by Gasteiger charge is 2.47. The standard InChI is InChI=1S/C56H96O11/c1-3-5-7-9-11-13-15-17-19-21-22-23-24-25-26-27-29-31-33-35-37-39-41-43-45-50(58)66-48(47-65-56-53(61)51(59)52(60)54(67-56)55(62)63)46-64-49(57)44-42-40-38-36-34-32-30-28-20-18-16-14-12-10-8-6-4-2/h6,8,12,14,18,20,30,32,36,38,48,51-54,56,59-61H,3-5,7,9-11,13,15-17,19,21-29,31,33-35,37,39-47H2,1-2H3,(H,62,63)/b8-6-,14-12-,20-18-,32-30-,38-36-. The Labute approximate surface area is 406 Å². The summed E-state index contributed by atoms with van der Waals surface area (Å²) in [6, 6.07) is 0. The van der Waals surface area contributed by atoms with Crippen molar-refractivity contribution in [3.63, 3.8) is 0 Å². The molecule has 1 aliphatic heterocycles. The van der Waals surface area contributed by atoms with Gasteiger partial charge < -0.3 is 39.4 Å². The van der Waals surface area contributed by atoms with Crippen LogP contribution in [0.2, 0.25) is 0 Å². The number of ether oxygens (including phenoxy) is 4. The monoisotopic (exact) mass is 945 g/mol. The number of aliphatic hydroxyl groups is 3. The van der Waals surface area contributed by atoms with Gasteiger partial charge in [-0.05, 0) is 51.4 Å². The maximum atomic E-state index is 12.9. The summed E-state index contributed by atoms with van der Waals surface area (Å²) in [5.41, 5.74) is 0. The van der Waals surface area contributed by atoms with E-state index in [1.165, 1.54) is 128 Å². The van der Waals surface area contributed by atoms with Crippen LogP contribution in [0.15, 0.2) is 60.8 Å². The fraction of sp³-hybridized carbons (Fsp3) is 0.768. The van der Waals surface area contributed by atoms with E-state index in [2.05, 4.69) is 68.5 Å². The average Bonchev–Trinajstić information content (AvgIpc) is 3.31. The van der Waals surface area contributed by atoms with E-state index < -0.39 is 61.3 Å². The van der Waals surface area contributed by atoms with Gasteiger partial charge in [0.2, 0.25) is 0 Å². The number of aliphatic hydroxyl groups excluding tert-OH is 3. The van der Waals surface area contributed by atoms with Crippen molar-refractivity contribution in [2.75, 3.05) is 13.2 Å². The molecular weight excluding hydrogens is 849 g/mol. The second-order valence-corrected chi connectivity index (χ2v) is 18.3. The lowest BCUT2D eigenvalue weighted by Gasteiger charge is -2.38. The lowest BCUT2D eigenvalue weighted by atomic mass is 9.99. The number of carbonyl (C=O) groups excluding carboxylic acids is 2. The molecule has 11 heteroatoms. The van der Waals surface area contributed by atoms with Crippen LogP contribution in [0.5, 0.6) is 0 Å². The molecule has 11 nitrogen and oxygen atoms in total. The molecular formula is C56H96O11. The van der Waals surface area contributed by atoms with Gasteiger partial charge in [-0.3, -0.25) is 9.59 Å². The van der Waals surface area contributed by atoms with Crippen LogP contribution in [0.3, 0.4) is 0 Å². The maximum Gasteiger partial charge on any atom is 0.335 e. The highest BCUT2D eigenvalue weighted by atomic mass is 16.7. The van der Waals surface area contributed by atoms with Crippen LogP contribution in [0.1, 0.15) is 226 Å². The summed E-state index contributed by atoms with van der Waals surface area (Å²) in [5.74, 6) is -2.51. The van der Waals surface area contributed by atoms with Gasteiger partial charge in [0.05, 0.1) is 6.61 Å². The van der Waals surface area contributed by atoms with E-state index in [4.69, 9.17) is 18.9 Å². The molecule has 0 aromatic rings. The number of rotatable bonds is 45. The molecule has 0 radical (unpaired) electrons. The molecule has 0 spiro atoms. The molecule has 6 atom stereocenters. The number of aliphatic carboxylic acids is 1. The summed E-state index contributed by atoms with van der Waals surface area (Å²) in [4.78, 5) is 37.0. The van der Waals surface area contributed by atoms with E-state index in [0.717, 1.165) is 51.4 Å². The molecule has 0 aromatic carbocycles. The van der Waals surface area contributed by atoms with E-state index in [0.29, 0.717) is 19.3 Å². The number of unbranched alkanes of at least 4 members (excludes halogenated alkanes) is 24. The van der Waals surface area contributed by atoms with Crippen molar-refractivity contribution in [2.24, 2.45) is 0 Å². The lowest BCUT2D eigenvalue weighted by molar-refractivity contribution is -0.298. The fourth-order valence-corrected chi connectivity index (χ4v) is 7.98. The van der Waals surface area contributed by atoms with Crippen molar-refractivity contribution in [1.82, 2.24) is 0 Å². The van der Waals surface area contributed by atoms with Crippen molar-refractivity contribution in [3.8, 4) is 0 Å². The van der Waals surface area contributed by atoms with Gasteiger partial charge in [0, 0.05) is 12.8 Å². The van der Waals surface area contributed by atoms with E-state index >= 15 is 0 Å². The normalized spacial score (nSPS) is 19.4. The van der Waals surface area contributed by atoms with Gasteiger partial charge in [0.15, 0.2) is 18.5 Å². The van der Waals surface area contributed by atoms with Gasteiger partial charge in [-0.25, -0.2) is 4.79 Å². The van der Waals surface area contributed by atoms with Crippen LogP contribution in [0.25, 0.3) is 0 Å². The summed E-state index contributed by atoms with van der Waals surface area (Å²) >= 11 is 0. The Kier molecular flexibility index (Phi) is 41.9. The zero-order valence-corrected chi connectivity index (χ0v) is 42.1. The number of carboxylic acids is 1. The van der Waals surface area contributed by atoms with Gasteiger partial charge >= 0.3 is 17.9 Å². The third kappa shape index (κ3) is 36.6. The molecule has 0 bridgehead atoms. The van der Waals surface area contributed by atoms with Gasteiger partial charge in [0.1, 0.15) is 24.9 Å². The predicted molar refractivity (Wildman–Crippen MR) is 271 cm³/mol. The van der Waals surface area contributed by atoms with E-state index in [1.807, 2.05) is 6.08 Å². The van der Waals surface area contributed by atoms with Crippen LogP contribution in [-0.4, -0.2) is 88.4 Å². The Morgan fingerprint density at radius 2 is 0.881 bits per heavy atom. The van der Waals surface area contributed by atoms with Gasteiger partial charge in [-0.15, -0.1) is 0 Å².